The molecule has 0 saturated carbocycles. The number of allylic oxidation sites excluding steroid dienone is 1. The van der Waals surface area contributed by atoms with Crippen molar-refractivity contribution >= 4 is 22.6 Å². The first-order valence-electron chi connectivity index (χ1n) is 10.6. The Labute approximate surface area is 185 Å². The summed E-state index contributed by atoms with van der Waals surface area (Å²) in [6.45, 7) is 10.5. The van der Waals surface area contributed by atoms with Crippen LogP contribution in [0.25, 0.3) is 10.8 Å². The van der Waals surface area contributed by atoms with Crippen LogP contribution in [0.2, 0.25) is 0 Å². The number of carbonyl (C=O) groups excluding carboxylic acids is 1. The molecule has 0 bridgehead atoms. The maximum Gasteiger partial charge on any atom is 0.415 e. The summed E-state index contributed by atoms with van der Waals surface area (Å²) in [4.78, 5) is 14.7. The molecule has 0 saturated heterocycles. The molecule has 0 spiro atoms. The van der Waals surface area contributed by atoms with Crippen LogP contribution in [0.4, 0.5) is 10.5 Å². The standard InChI is InChI=1S/C27H31NO3/c1-20(2)15-16-28(26(29)31-27(3,4)5)23-17-22-13-9-10-14-24(22)25(18-23)30-19-21-11-7-6-8-12-21/h6-15,17-18H,16,19H2,1-5H3. The summed E-state index contributed by atoms with van der Waals surface area (Å²) >= 11 is 0. The van der Waals surface area contributed by atoms with Crippen LogP contribution in [0.15, 0.2) is 78.4 Å². The minimum Gasteiger partial charge on any atom is -0.488 e. The second-order valence-electron chi connectivity index (χ2n) is 8.81. The van der Waals surface area contributed by atoms with Crippen LogP contribution in [0.5, 0.6) is 5.75 Å². The molecule has 0 atom stereocenters. The van der Waals surface area contributed by atoms with Crippen LogP contribution in [0, 0.1) is 0 Å². The zero-order valence-corrected chi connectivity index (χ0v) is 19.0. The average Bonchev–Trinajstić information content (AvgIpc) is 2.71. The number of fused-ring (bicyclic) bond motifs is 1. The summed E-state index contributed by atoms with van der Waals surface area (Å²) in [7, 11) is 0. The van der Waals surface area contributed by atoms with Gasteiger partial charge >= 0.3 is 6.09 Å². The summed E-state index contributed by atoms with van der Waals surface area (Å²) in [5, 5.41) is 2.02. The molecule has 0 fully saturated rings. The van der Waals surface area contributed by atoms with Gasteiger partial charge in [0, 0.05) is 18.0 Å². The molecule has 31 heavy (non-hydrogen) atoms. The number of nitrogens with zero attached hydrogens (tertiary/aromatic N) is 1. The predicted molar refractivity (Wildman–Crippen MR) is 128 cm³/mol. The molecule has 0 aliphatic heterocycles. The van der Waals surface area contributed by atoms with Gasteiger partial charge in [-0.25, -0.2) is 4.79 Å². The number of anilines is 1. The van der Waals surface area contributed by atoms with Crippen molar-refractivity contribution in [1.29, 1.82) is 0 Å². The first kappa shape index (κ1) is 22.4. The molecular weight excluding hydrogens is 386 g/mol. The molecule has 3 aromatic rings. The Morgan fingerprint density at radius 1 is 0.968 bits per heavy atom. The van der Waals surface area contributed by atoms with Gasteiger partial charge < -0.3 is 9.47 Å². The Morgan fingerprint density at radius 3 is 2.32 bits per heavy atom. The number of hydrogen-bond donors (Lipinski definition) is 0. The molecular formula is C27H31NO3. The van der Waals surface area contributed by atoms with Gasteiger partial charge in [-0.1, -0.05) is 66.2 Å². The van der Waals surface area contributed by atoms with E-state index in [0.29, 0.717) is 13.2 Å². The lowest BCUT2D eigenvalue weighted by atomic mass is 10.1. The summed E-state index contributed by atoms with van der Waals surface area (Å²) < 4.78 is 11.9. The van der Waals surface area contributed by atoms with Crippen molar-refractivity contribution in [3.8, 4) is 5.75 Å². The predicted octanol–water partition coefficient (Wildman–Crippen LogP) is 7.13. The van der Waals surface area contributed by atoms with E-state index in [9.17, 15) is 4.79 Å². The summed E-state index contributed by atoms with van der Waals surface area (Å²) in [5.41, 5.74) is 2.39. The fourth-order valence-corrected chi connectivity index (χ4v) is 3.15. The largest absolute Gasteiger partial charge is 0.488 e. The van der Waals surface area contributed by atoms with E-state index < -0.39 is 5.60 Å². The molecule has 1 amide bonds. The van der Waals surface area contributed by atoms with Crippen molar-refractivity contribution in [3.05, 3.63) is 83.9 Å². The molecule has 3 aromatic carbocycles. The highest BCUT2D eigenvalue weighted by atomic mass is 16.6. The van der Waals surface area contributed by atoms with Crippen molar-refractivity contribution in [3.63, 3.8) is 0 Å². The third-order valence-corrected chi connectivity index (χ3v) is 4.65. The average molecular weight is 418 g/mol. The van der Waals surface area contributed by atoms with E-state index in [0.717, 1.165) is 33.3 Å². The minimum atomic E-state index is -0.580. The third-order valence-electron chi connectivity index (χ3n) is 4.65. The molecule has 0 aliphatic rings. The Hall–Kier alpha value is -3.27. The smallest absolute Gasteiger partial charge is 0.415 e. The molecule has 0 heterocycles. The lowest BCUT2D eigenvalue weighted by molar-refractivity contribution is 0.0584. The lowest BCUT2D eigenvalue weighted by Gasteiger charge is -2.27. The fraction of sp³-hybridized carbons (Fsp3) is 0.296. The van der Waals surface area contributed by atoms with Crippen molar-refractivity contribution in [1.82, 2.24) is 0 Å². The van der Waals surface area contributed by atoms with Gasteiger partial charge in [0.1, 0.15) is 18.0 Å². The highest BCUT2D eigenvalue weighted by molar-refractivity contribution is 5.96. The van der Waals surface area contributed by atoms with Crippen molar-refractivity contribution in [2.45, 2.75) is 46.8 Å². The van der Waals surface area contributed by atoms with Gasteiger partial charge in [0.15, 0.2) is 0 Å². The van der Waals surface area contributed by atoms with E-state index in [4.69, 9.17) is 9.47 Å². The lowest BCUT2D eigenvalue weighted by Crippen LogP contribution is -2.37. The van der Waals surface area contributed by atoms with Crippen LogP contribution in [-0.4, -0.2) is 18.2 Å². The molecule has 0 aliphatic carbocycles. The number of rotatable bonds is 6. The zero-order valence-electron chi connectivity index (χ0n) is 19.0. The molecule has 0 N–H and O–H groups in total. The van der Waals surface area contributed by atoms with Gasteiger partial charge in [-0.3, -0.25) is 4.90 Å². The van der Waals surface area contributed by atoms with Crippen molar-refractivity contribution in [2.24, 2.45) is 0 Å². The fourth-order valence-electron chi connectivity index (χ4n) is 3.15. The van der Waals surface area contributed by atoms with Crippen molar-refractivity contribution in [2.75, 3.05) is 11.4 Å². The second-order valence-corrected chi connectivity index (χ2v) is 8.81. The number of ether oxygens (including phenoxy) is 2. The van der Waals surface area contributed by atoms with E-state index in [1.807, 2.05) is 107 Å². The van der Waals surface area contributed by atoms with Crippen LogP contribution in [-0.2, 0) is 11.3 Å². The van der Waals surface area contributed by atoms with Gasteiger partial charge in [0.05, 0.1) is 5.69 Å². The van der Waals surface area contributed by atoms with Crippen molar-refractivity contribution < 1.29 is 14.3 Å². The monoisotopic (exact) mass is 417 g/mol. The van der Waals surface area contributed by atoms with E-state index in [2.05, 4.69) is 0 Å². The molecule has 162 valence electrons. The maximum atomic E-state index is 13.0. The van der Waals surface area contributed by atoms with Gasteiger partial charge in [-0.15, -0.1) is 0 Å². The van der Waals surface area contributed by atoms with Gasteiger partial charge in [0.2, 0.25) is 0 Å². The van der Waals surface area contributed by atoms with Crippen LogP contribution >= 0.6 is 0 Å². The number of benzene rings is 3. The molecule has 4 nitrogen and oxygen atoms in total. The second kappa shape index (κ2) is 9.69. The molecule has 3 rings (SSSR count). The van der Waals surface area contributed by atoms with Gasteiger partial charge in [-0.05, 0) is 51.6 Å². The molecule has 0 aromatic heterocycles. The summed E-state index contributed by atoms with van der Waals surface area (Å²) in [6.07, 6.45) is 1.64. The number of carbonyl (C=O) groups is 1. The van der Waals surface area contributed by atoms with E-state index in [1.165, 1.54) is 0 Å². The maximum absolute atomic E-state index is 13.0. The first-order valence-corrected chi connectivity index (χ1v) is 10.6. The Kier molecular flexibility index (Phi) is 7.01. The third kappa shape index (κ3) is 6.35. The zero-order chi connectivity index (χ0) is 22.4. The SMILES string of the molecule is CC(C)=CCN(C(=O)OC(C)(C)C)c1cc(OCc2ccccc2)c2ccccc2c1. The van der Waals surface area contributed by atoms with Gasteiger partial charge in [0.25, 0.3) is 0 Å². The van der Waals surface area contributed by atoms with Crippen LogP contribution in [0.1, 0.15) is 40.2 Å². The highest BCUT2D eigenvalue weighted by Crippen LogP contribution is 2.33. The Balaban J connectivity index is 2.00. The van der Waals surface area contributed by atoms with Gasteiger partial charge in [-0.2, -0.15) is 0 Å². The molecule has 4 heteroatoms. The number of hydrogen-bond acceptors (Lipinski definition) is 3. The van der Waals surface area contributed by atoms with E-state index in [1.54, 1.807) is 4.90 Å². The first-order chi connectivity index (χ1) is 14.7. The topological polar surface area (TPSA) is 38.8 Å². The highest BCUT2D eigenvalue weighted by Gasteiger charge is 2.24. The van der Waals surface area contributed by atoms with E-state index in [-0.39, 0.29) is 6.09 Å². The van der Waals surface area contributed by atoms with E-state index >= 15 is 0 Å². The minimum absolute atomic E-state index is 0.380. The summed E-state index contributed by atoms with van der Waals surface area (Å²) in [5.74, 6) is 0.739. The quantitative estimate of drug-likeness (QED) is 0.401. The van der Waals surface area contributed by atoms with Crippen LogP contribution in [0.3, 0.4) is 0 Å². The normalized spacial score (nSPS) is 11.1. The van der Waals surface area contributed by atoms with Crippen LogP contribution < -0.4 is 9.64 Å². The molecule has 0 unspecified atom stereocenters. The number of amides is 1. The Bertz CT molecular complexity index is 1060. The molecule has 0 radical (unpaired) electrons. The summed E-state index contributed by atoms with van der Waals surface area (Å²) in [6, 6.07) is 22.0. The Morgan fingerprint density at radius 2 is 1.65 bits per heavy atom.